The summed E-state index contributed by atoms with van der Waals surface area (Å²) in [5.41, 5.74) is 3.26. The predicted octanol–water partition coefficient (Wildman–Crippen LogP) is 6.25. The van der Waals surface area contributed by atoms with Gasteiger partial charge in [-0.25, -0.2) is 23.7 Å². The number of piperidine rings is 2. The Bertz CT molecular complexity index is 2300. The summed E-state index contributed by atoms with van der Waals surface area (Å²) in [5, 5.41) is 3.18. The van der Waals surface area contributed by atoms with E-state index in [1.165, 1.54) is 66.0 Å². The van der Waals surface area contributed by atoms with Crippen LogP contribution in [0.5, 0.6) is 0 Å². The van der Waals surface area contributed by atoms with Crippen molar-refractivity contribution in [1.29, 1.82) is 0 Å². The fourth-order valence-electron chi connectivity index (χ4n) is 9.61. The molecule has 56 heavy (non-hydrogen) atoms. The Morgan fingerprint density at radius 1 is 0.804 bits per heavy atom. The second-order valence-corrected chi connectivity index (χ2v) is 16.3. The summed E-state index contributed by atoms with van der Waals surface area (Å²) in [6, 6.07) is 17.7. The SMILES string of the molecule is O=C(N[C@H]1CC[C@@H](n2c(=O)c3cc(F)cnc3n(-c3cccc(-c4ccc(CN5CCC(N6CCCCC6)CC5)cc4)c3)c2=O)CC1)c1cn2c(n1)CCCC2. The maximum Gasteiger partial charge on any atom is 0.337 e. The Kier molecular flexibility index (Phi) is 10.4. The molecule has 2 saturated heterocycles. The molecule has 12 heteroatoms. The Hall–Kier alpha value is -4.94. The second kappa shape index (κ2) is 15.9. The summed E-state index contributed by atoms with van der Waals surface area (Å²) < 4.78 is 19.4. The fourth-order valence-corrected chi connectivity index (χ4v) is 9.61. The van der Waals surface area contributed by atoms with E-state index in [1.54, 1.807) is 0 Å². The quantitative estimate of drug-likeness (QED) is 0.199. The largest absolute Gasteiger partial charge is 0.348 e. The van der Waals surface area contributed by atoms with Gasteiger partial charge < -0.3 is 14.8 Å². The highest BCUT2D eigenvalue weighted by molar-refractivity contribution is 5.92. The number of aromatic nitrogens is 5. The Morgan fingerprint density at radius 2 is 1.57 bits per heavy atom. The van der Waals surface area contributed by atoms with E-state index in [0.717, 1.165) is 74.6 Å². The van der Waals surface area contributed by atoms with Gasteiger partial charge in [0.05, 0.1) is 17.3 Å². The van der Waals surface area contributed by atoms with Crippen molar-refractivity contribution < 1.29 is 9.18 Å². The maximum atomic E-state index is 14.6. The number of benzene rings is 2. The number of imidazole rings is 1. The third-order valence-electron chi connectivity index (χ3n) is 12.7. The topological polar surface area (TPSA) is 110 Å². The zero-order valence-corrected chi connectivity index (χ0v) is 32.0. The van der Waals surface area contributed by atoms with Crippen molar-refractivity contribution in [3.63, 3.8) is 0 Å². The minimum atomic E-state index is -0.640. The lowest BCUT2D eigenvalue weighted by Gasteiger charge is -2.40. The number of hydrogen-bond acceptors (Lipinski definition) is 7. The molecule has 1 amide bonds. The number of fused-ring (bicyclic) bond motifs is 2. The second-order valence-electron chi connectivity index (χ2n) is 16.3. The number of aryl methyl sites for hydroxylation is 2. The molecule has 6 heterocycles. The molecule has 3 fully saturated rings. The van der Waals surface area contributed by atoms with Crippen molar-refractivity contribution in [2.45, 2.75) is 108 Å². The molecule has 9 rings (SSSR count). The Labute approximate surface area is 326 Å². The molecule has 2 aromatic carbocycles. The Balaban J connectivity index is 0.916. The van der Waals surface area contributed by atoms with E-state index in [4.69, 9.17) is 0 Å². The van der Waals surface area contributed by atoms with Crippen LogP contribution in [0.4, 0.5) is 4.39 Å². The molecule has 3 aliphatic heterocycles. The van der Waals surface area contributed by atoms with Crippen molar-refractivity contribution in [2.24, 2.45) is 0 Å². The summed E-state index contributed by atoms with van der Waals surface area (Å²) in [5.74, 6) is 0.120. The lowest BCUT2D eigenvalue weighted by Crippen LogP contribution is -2.46. The summed E-state index contributed by atoms with van der Waals surface area (Å²) in [6.45, 7) is 6.58. The van der Waals surface area contributed by atoms with Crippen molar-refractivity contribution in [3.8, 4) is 16.8 Å². The van der Waals surface area contributed by atoms with Gasteiger partial charge in [0.2, 0.25) is 0 Å². The highest BCUT2D eigenvalue weighted by Crippen LogP contribution is 2.29. The van der Waals surface area contributed by atoms with E-state index in [9.17, 15) is 18.8 Å². The molecule has 1 aliphatic carbocycles. The van der Waals surface area contributed by atoms with Crippen LogP contribution in [0.25, 0.3) is 27.8 Å². The van der Waals surface area contributed by atoms with E-state index in [-0.39, 0.29) is 23.0 Å². The molecule has 0 spiro atoms. The molecule has 4 aliphatic rings. The number of nitrogens with one attached hydrogen (secondary N) is 1. The zero-order valence-electron chi connectivity index (χ0n) is 32.0. The van der Waals surface area contributed by atoms with Crippen LogP contribution in [0.2, 0.25) is 0 Å². The first-order valence-corrected chi connectivity index (χ1v) is 20.7. The number of carbonyl (C=O) groups is 1. The fraction of sp³-hybridized carbons (Fsp3) is 0.477. The summed E-state index contributed by atoms with van der Waals surface area (Å²) in [7, 11) is 0. The number of pyridine rings is 1. The smallest absolute Gasteiger partial charge is 0.337 e. The lowest BCUT2D eigenvalue weighted by atomic mass is 9.90. The number of rotatable bonds is 8. The van der Waals surface area contributed by atoms with Gasteiger partial charge in [0.25, 0.3) is 11.5 Å². The van der Waals surface area contributed by atoms with Crippen LogP contribution in [-0.2, 0) is 19.5 Å². The molecule has 1 saturated carbocycles. The van der Waals surface area contributed by atoms with Crippen LogP contribution in [0, 0.1) is 5.82 Å². The molecule has 292 valence electrons. The number of halogens is 1. The molecule has 0 bridgehead atoms. The molecule has 1 N–H and O–H groups in total. The molecular formula is C44H51FN8O3. The number of hydrogen-bond donors (Lipinski definition) is 1. The maximum absolute atomic E-state index is 14.6. The molecule has 0 radical (unpaired) electrons. The van der Waals surface area contributed by atoms with Crippen LogP contribution < -0.4 is 16.6 Å². The number of carbonyl (C=O) groups excluding carboxylic acids is 1. The van der Waals surface area contributed by atoms with E-state index >= 15 is 0 Å². The first-order valence-electron chi connectivity index (χ1n) is 20.7. The van der Waals surface area contributed by atoms with E-state index < -0.39 is 23.1 Å². The monoisotopic (exact) mass is 758 g/mol. The molecule has 5 aromatic rings. The minimum Gasteiger partial charge on any atom is -0.348 e. The van der Waals surface area contributed by atoms with E-state index in [1.807, 2.05) is 30.5 Å². The first kappa shape index (κ1) is 36.7. The number of amides is 1. The minimum absolute atomic E-state index is 0.0542. The summed E-state index contributed by atoms with van der Waals surface area (Å²) >= 11 is 0. The van der Waals surface area contributed by atoms with Gasteiger partial charge in [-0.3, -0.25) is 19.1 Å². The normalized spacial score (nSPS) is 21.2. The van der Waals surface area contributed by atoms with E-state index in [0.29, 0.717) is 37.1 Å². The van der Waals surface area contributed by atoms with E-state index in [2.05, 4.69) is 53.9 Å². The average Bonchev–Trinajstić information content (AvgIpc) is 3.68. The third kappa shape index (κ3) is 7.48. The van der Waals surface area contributed by atoms with Crippen LogP contribution >= 0.6 is 0 Å². The number of nitrogens with zero attached hydrogens (tertiary/aromatic N) is 7. The van der Waals surface area contributed by atoms with Gasteiger partial charge in [-0.2, -0.15) is 0 Å². The lowest BCUT2D eigenvalue weighted by molar-refractivity contribution is 0.0896. The highest BCUT2D eigenvalue weighted by atomic mass is 19.1. The van der Waals surface area contributed by atoms with Gasteiger partial charge in [-0.15, -0.1) is 0 Å². The van der Waals surface area contributed by atoms with Crippen LogP contribution in [0.15, 0.2) is 76.6 Å². The van der Waals surface area contributed by atoms with Gasteiger partial charge in [0.15, 0.2) is 5.65 Å². The standard InChI is InChI=1S/C44H51FN8O3/c45-33-26-38-41(46-27-33)52(44(56)53(43(38)55)36-16-14-34(15-17-36)47-42(54)39-29-51-22-5-2-9-40(51)48-39)37-8-6-7-32(25-37)31-12-10-30(11-13-31)28-49-23-18-35(19-24-49)50-20-3-1-4-21-50/h6-8,10-13,25-27,29,34-36H,1-5,9,14-24,28H2,(H,47,54)/t34-,36+. The molecule has 11 nitrogen and oxygen atoms in total. The zero-order chi connectivity index (χ0) is 38.2. The van der Waals surface area contributed by atoms with Crippen molar-refractivity contribution in [3.05, 3.63) is 111 Å². The molecular weight excluding hydrogens is 708 g/mol. The van der Waals surface area contributed by atoms with Crippen LogP contribution in [0.3, 0.4) is 0 Å². The molecule has 3 aromatic heterocycles. The molecule has 0 atom stereocenters. The third-order valence-corrected chi connectivity index (χ3v) is 12.7. The predicted molar refractivity (Wildman–Crippen MR) is 215 cm³/mol. The summed E-state index contributed by atoms with van der Waals surface area (Å²) in [6.07, 6.45) is 14.7. The van der Waals surface area contributed by atoms with Gasteiger partial charge in [0, 0.05) is 43.8 Å². The van der Waals surface area contributed by atoms with Crippen LogP contribution in [0.1, 0.15) is 98.5 Å². The average molecular weight is 759 g/mol. The van der Waals surface area contributed by atoms with Gasteiger partial charge >= 0.3 is 5.69 Å². The van der Waals surface area contributed by atoms with Crippen molar-refractivity contribution >= 4 is 16.9 Å². The Morgan fingerprint density at radius 3 is 2.34 bits per heavy atom. The molecule has 0 unspecified atom stereocenters. The summed E-state index contributed by atoms with van der Waals surface area (Å²) in [4.78, 5) is 55.6. The van der Waals surface area contributed by atoms with Gasteiger partial charge in [-0.05, 0) is 125 Å². The first-order chi connectivity index (χ1) is 27.4. The van der Waals surface area contributed by atoms with Crippen LogP contribution in [-0.4, -0.2) is 77.6 Å². The van der Waals surface area contributed by atoms with Crippen molar-refractivity contribution in [2.75, 3.05) is 26.2 Å². The van der Waals surface area contributed by atoms with Gasteiger partial charge in [0.1, 0.15) is 17.3 Å². The van der Waals surface area contributed by atoms with Gasteiger partial charge in [-0.1, -0.05) is 42.8 Å². The highest BCUT2D eigenvalue weighted by Gasteiger charge is 2.30. The number of likely N-dealkylation sites (tertiary alicyclic amines) is 2. The van der Waals surface area contributed by atoms with Crippen molar-refractivity contribution in [1.82, 2.24) is 38.8 Å².